The van der Waals surface area contributed by atoms with Crippen LogP contribution in [0.1, 0.15) is 6.23 Å². The molecule has 22 heavy (non-hydrogen) atoms. The highest BCUT2D eigenvalue weighted by atomic mass is 79.9. The molecule has 1 amide bonds. The van der Waals surface area contributed by atoms with Crippen molar-refractivity contribution in [2.24, 2.45) is 5.73 Å². The third-order valence-corrected chi connectivity index (χ3v) is 3.43. The van der Waals surface area contributed by atoms with Crippen LogP contribution in [0, 0.1) is 12.3 Å². The minimum Gasteiger partial charge on any atom is -1.00 e. The van der Waals surface area contributed by atoms with Crippen LogP contribution in [0.5, 0.6) is 0 Å². The Morgan fingerprint density at radius 1 is 1.45 bits per heavy atom. The predicted octanol–water partition coefficient (Wildman–Crippen LogP) is -4.90. The first-order chi connectivity index (χ1) is 10.1. The van der Waals surface area contributed by atoms with Crippen molar-refractivity contribution in [1.29, 1.82) is 0 Å². The molecule has 0 bridgehead atoms. The Labute approximate surface area is 138 Å². The molecule has 1 aliphatic rings. The van der Waals surface area contributed by atoms with Crippen molar-refractivity contribution in [3.63, 3.8) is 0 Å². The van der Waals surface area contributed by atoms with E-state index in [0.717, 1.165) is 0 Å². The van der Waals surface area contributed by atoms with Crippen molar-refractivity contribution in [1.82, 2.24) is 0 Å². The average Bonchev–Trinajstić information content (AvgIpc) is 2.79. The van der Waals surface area contributed by atoms with Crippen molar-refractivity contribution >= 4 is 5.91 Å². The lowest BCUT2D eigenvalue weighted by Crippen LogP contribution is -3.00. The number of carbonyl (C=O) groups excluding carboxylic acids is 1. The predicted molar refractivity (Wildman–Crippen MR) is 70.4 cm³/mol. The van der Waals surface area contributed by atoms with Gasteiger partial charge in [-0.15, -0.1) is 6.42 Å². The summed E-state index contributed by atoms with van der Waals surface area (Å²) in [5.74, 6) is 1.32. The fourth-order valence-corrected chi connectivity index (χ4v) is 2.42. The molecule has 2 heterocycles. The highest BCUT2D eigenvalue weighted by Gasteiger charge is 2.66. The monoisotopic (exact) mass is 372 g/mol. The summed E-state index contributed by atoms with van der Waals surface area (Å²) in [6.45, 7) is -0.717. The van der Waals surface area contributed by atoms with E-state index in [1.54, 1.807) is 30.6 Å². The first-order valence-electron chi connectivity index (χ1n) is 6.35. The van der Waals surface area contributed by atoms with Gasteiger partial charge in [0.25, 0.3) is 11.5 Å². The fourth-order valence-electron chi connectivity index (χ4n) is 2.42. The molecule has 7 nitrogen and oxygen atoms in total. The zero-order valence-electron chi connectivity index (χ0n) is 11.6. The van der Waals surface area contributed by atoms with E-state index in [4.69, 9.17) is 21.6 Å². The Kier molecular flexibility index (Phi) is 6.47. The number of halogens is 1. The van der Waals surface area contributed by atoms with Gasteiger partial charge in [-0.1, -0.05) is 12.0 Å². The zero-order chi connectivity index (χ0) is 15.5. The van der Waals surface area contributed by atoms with E-state index in [9.17, 15) is 15.0 Å². The highest BCUT2D eigenvalue weighted by molar-refractivity contribution is 5.85. The Hall–Kier alpha value is -1.50. The summed E-state index contributed by atoms with van der Waals surface area (Å²) in [6.07, 6.45) is 4.95. The number of hydrogen-bond donors (Lipinski definition) is 3. The molecular formula is C14H17BrN2O5. The second-order valence-electron chi connectivity index (χ2n) is 4.63. The maximum Gasteiger partial charge on any atom is 0.304 e. The van der Waals surface area contributed by atoms with Gasteiger partial charge >= 0.3 is 6.23 Å². The molecule has 0 radical (unpaired) electrons. The number of aliphatic hydroxyl groups excluding tert-OH is 2. The van der Waals surface area contributed by atoms with Gasteiger partial charge in [0.1, 0.15) is 18.8 Å². The van der Waals surface area contributed by atoms with E-state index in [-0.39, 0.29) is 23.6 Å². The molecule has 1 saturated heterocycles. The van der Waals surface area contributed by atoms with Gasteiger partial charge in [0, 0.05) is 12.1 Å². The summed E-state index contributed by atoms with van der Waals surface area (Å²) >= 11 is 0. The molecule has 120 valence electrons. The van der Waals surface area contributed by atoms with E-state index < -0.39 is 36.6 Å². The highest BCUT2D eigenvalue weighted by Crippen LogP contribution is 2.38. The number of terminal acetylenes is 1. The maximum absolute atomic E-state index is 12.0. The molecule has 0 aromatic carbocycles. The molecule has 4 N–H and O–H groups in total. The van der Waals surface area contributed by atoms with Crippen LogP contribution in [0.3, 0.4) is 0 Å². The molecule has 8 heteroatoms. The number of nitrogens with two attached hydrogens (primary N) is 1. The minimum atomic E-state index is -1.87. The van der Waals surface area contributed by atoms with Gasteiger partial charge in [-0.3, -0.25) is 4.79 Å². The van der Waals surface area contributed by atoms with E-state index in [0.29, 0.717) is 0 Å². The minimum absolute atomic E-state index is 0. The Balaban J connectivity index is 0.00000242. The number of pyridine rings is 1. The Bertz CT molecular complexity index is 550. The Morgan fingerprint density at radius 2 is 2.09 bits per heavy atom. The standard InChI is InChI=1S/C14H16N2O5.BrH/c1-2-8-20-14(12(15)19)11(18)10(9-17)21-13(14)16-6-4-3-5-7-16;/h1,3-7,10-11,13,17-18H,8-9H2,(H-,15,19);1H/t10-,11-,13-,14+;/m1./s1. The molecule has 0 aliphatic carbocycles. The molecule has 0 spiro atoms. The van der Waals surface area contributed by atoms with Crippen LogP contribution in [-0.2, 0) is 14.3 Å². The van der Waals surface area contributed by atoms with Gasteiger partial charge < -0.3 is 42.4 Å². The molecule has 2 rings (SSSR count). The van der Waals surface area contributed by atoms with Crippen molar-refractivity contribution in [3.8, 4) is 12.3 Å². The fraction of sp³-hybridized carbons (Fsp3) is 0.429. The van der Waals surface area contributed by atoms with Gasteiger partial charge in [-0.05, 0) is 0 Å². The van der Waals surface area contributed by atoms with Gasteiger partial charge in [0.2, 0.25) is 0 Å². The number of aromatic nitrogens is 1. The van der Waals surface area contributed by atoms with Gasteiger partial charge in [0.15, 0.2) is 12.4 Å². The van der Waals surface area contributed by atoms with E-state index >= 15 is 0 Å². The smallest absolute Gasteiger partial charge is 0.304 e. The van der Waals surface area contributed by atoms with Crippen molar-refractivity contribution in [3.05, 3.63) is 30.6 Å². The zero-order valence-corrected chi connectivity index (χ0v) is 13.2. The third kappa shape index (κ3) is 2.99. The second-order valence-corrected chi connectivity index (χ2v) is 4.63. The van der Waals surface area contributed by atoms with Gasteiger partial charge in [-0.25, -0.2) is 0 Å². The van der Waals surface area contributed by atoms with Crippen molar-refractivity contribution in [2.45, 2.75) is 24.0 Å². The number of amides is 1. The lowest BCUT2D eigenvalue weighted by atomic mass is 9.92. The Morgan fingerprint density at radius 3 is 2.59 bits per heavy atom. The normalized spacial score (nSPS) is 30.3. The molecule has 1 aromatic heterocycles. The lowest BCUT2D eigenvalue weighted by Gasteiger charge is -2.29. The molecule has 1 aromatic rings. The van der Waals surface area contributed by atoms with Crippen LogP contribution < -0.4 is 27.3 Å². The number of aliphatic hydroxyl groups is 2. The van der Waals surface area contributed by atoms with Crippen LogP contribution in [-0.4, -0.2) is 47.1 Å². The summed E-state index contributed by atoms with van der Waals surface area (Å²) in [4.78, 5) is 12.0. The third-order valence-electron chi connectivity index (χ3n) is 3.43. The summed E-state index contributed by atoms with van der Waals surface area (Å²) in [5, 5.41) is 19.6. The number of hydrogen-bond acceptors (Lipinski definition) is 5. The van der Waals surface area contributed by atoms with Crippen LogP contribution in [0.2, 0.25) is 0 Å². The summed E-state index contributed by atoms with van der Waals surface area (Å²) in [7, 11) is 0. The van der Waals surface area contributed by atoms with Crippen LogP contribution in [0.25, 0.3) is 0 Å². The average molecular weight is 373 g/mol. The van der Waals surface area contributed by atoms with Crippen molar-refractivity contribution in [2.75, 3.05) is 13.2 Å². The molecule has 1 aliphatic heterocycles. The van der Waals surface area contributed by atoms with Gasteiger partial charge in [0.05, 0.1) is 6.61 Å². The largest absolute Gasteiger partial charge is 1.00 e. The summed E-state index contributed by atoms with van der Waals surface area (Å²) < 4.78 is 12.5. The number of nitrogens with zero attached hydrogens (tertiary/aromatic N) is 1. The lowest BCUT2D eigenvalue weighted by molar-refractivity contribution is -0.770. The van der Waals surface area contributed by atoms with Crippen LogP contribution in [0.15, 0.2) is 30.6 Å². The quantitative estimate of drug-likeness (QED) is 0.355. The van der Waals surface area contributed by atoms with Crippen molar-refractivity contribution < 1.29 is 46.0 Å². The van der Waals surface area contributed by atoms with Crippen LogP contribution in [0.4, 0.5) is 0 Å². The van der Waals surface area contributed by atoms with E-state index in [1.807, 2.05) is 0 Å². The summed E-state index contributed by atoms with van der Waals surface area (Å²) in [6, 6.07) is 5.21. The SMILES string of the molecule is C#CCO[C@]1(C(N)=O)[C@H](O)[C@@H](CO)O[C@H]1[n+]1ccccc1.[Br-]. The molecule has 1 fully saturated rings. The number of rotatable bonds is 5. The van der Waals surface area contributed by atoms with Crippen LogP contribution >= 0.6 is 0 Å². The molecular weight excluding hydrogens is 356 g/mol. The summed E-state index contributed by atoms with van der Waals surface area (Å²) in [5.41, 5.74) is 3.57. The number of primary amides is 1. The van der Waals surface area contributed by atoms with E-state index in [2.05, 4.69) is 5.92 Å². The molecule has 0 saturated carbocycles. The molecule has 4 atom stereocenters. The first-order valence-corrected chi connectivity index (χ1v) is 6.35. The number of ether oxygens (including phenoxy) is 2. The maximum atomic E-state index is 12.0. The topological polar surface area (TPSA) is 106 Å². The van der Waals surface area contributed by atoms with E-state index in [1.165, 1.54) is 4.57 Å². The first kappa shape index (κ1) is 18.5. The van der Waals surface area contributed by atoms with Gasteiger partial charge in [-0.2, -0.15) is 4.57 Å². The number of carbonyl (C=O) groups is 1. The molecule has 0 unspecified atom stereocenters. The second kappa shape index (κ2) is 7.67.